The van der Waals surface area contributed by atoms with Crippen LogP contribution < -0.4 is 9.80 Å². The Morgan fingerprint density at radius 1 is 1.00 bits per heavy atom. The number of hydrogen-bond acceptors (Lipinski definition) is 7. The molecule has 6 unspecified atom stereocenters. The van der Waals surface area contributed by atoms with Crippen LogP contribution in [0.15, 0.2) is 91.0 Å². The summed E-state index contributed by atoms with van der Waals surface area (Å²) in [5.74, 6) is -4.38. The average Bonchev–Trinajstić information content (AvgIpc) is 3.86. The van der Waals surface area contributed by atoms with E-state index in [0.717, 1.165) is 38.1 Å². The van der Waals surface area contributed by atoms with Gasteiger partial charge in [0.2, 0.25) is 23.6 Å². The highest BCUT2D eigenvalue weighted by atomic mass is 35.5. The van der Waals surface area contributed by atoms with Crippen molar-refractivity contribution in [2.75, 3.05) is 9.80 Å². The van der Waals surface area contributed by atoms with Gasteiger partial charge >= 0.3 is 0 Å². The van der Waals surface area contributed by atoms with Crippen LogP contribution in [0.3, 0.4) is 0 Å². The zero-order chi connectivity index (χ0) is 39.4. The molecule has 5 aromatic rings. The number of aromatic hydroxyl groups is 1. The molecule has 56 heavy (non-hydrogen) atoms. The van der Waals surface area contributed by atoms with Crippen LogP contribution in [0.5, 0.6) is 5.75 Å². The first kappa shape index (κ1) is 36.3. The van der Waals surface area contributed by atoms with E-state index >= 15 is 4.79 Å². The SMILES string of the molecule is C=CCc1cccc(C2C3=CCC4C(=O)N(c5ccc(CC)cc5)C(=O)C4C3CC3C(=O)N(c4cc(-c5sc6ccc(Cl)cc6c5C)nn4C)C(=O)C32C)c1O. The number of anilines is 2. The molecule has 1 N–H and O–H groups in total. The molecule has 6 atom stereocenters. The average molecular weight is 785 g/mol. The third-order valence-electron chi connectivity index (χ3n) is 12.9. The quantitative estimate of drug-likeness (QED) is 0.131. The van der Waals surface area contributed by atoms with E-state index < -0.39 is 40.9 Å². The standard InChI is InChI=1S/C45H41ClN4O5S/c1-6-9-25-10-8-11-30(39(25)51)38-28-17-18-29-37(43(54)49(41(29)52)27-15-12-24(7-2)13-16-27)32(28)21-33-42(53)50(44(55)45(33,38)4)36-22-34(47-48(36)5)40-23(3)31-20-26(46)14-19-35(31)56-40/h6,8,10-17,19-20,22,29,32-33,37-38,51H,1,7,9,18,21H2,2-5H3. The van der Waals surface area contributed by atoms with E-state index in [4.69, 9.17) is 16.7 Å². The molecule has 4 aliphatic rings. The van der Waals surface area contributed by atoms with Crippen molar-refractivity contribution in [2.45, 2.75) is 52.4 Å². The van der Waals surface area contributed by atoms with Crippen LogP contribution in [-0.2, 0) is 39.1 Å². The lowest BCUT2D eigenvalue weighted by Gasteiger charge is -2.49. The smallest absolute Gasteiger partial charge is 0.242 e. The van der Waals surface area contributed by atoms with Crippen LogP contribution in [0, 0.1) is 36.0 Å². The largest absolute Gasteiger partial charge is 0.507 e. The van der Waals surface area contributed by atoms with Crippen LogP contribution in [0.1, 0.15) is 54.9 Å². The van der Waals surface area contributed by atoms with Gasteiger partial charge in [0, 0.05) is 34.3 Å². The Labute approximate surface area is 333 Å². The number of fused-ring (bicyclic) bond motifs is 5. The summed E-state index contributed by atoms with van der Waals surface area (Å²) in [7, 11) is 1.72. The van der Waals surface area contributed by atoms with Gasteiger partial charge in [-0.05, 0) is 97.9 Å². The molecule has 1 saturated carbocycles. The van der Waals surface area contributed by atoms with Crippen molar-refractivity contribution in [3.63, 3.8) is 0 Å². The number of aryl methyl sites for hydroxylation is 3. The van der Waals surface area contributed by atoms with Gasteiger partial charge in [0.15, 0.2) is 0 Å². The Morgan fingerprint density at radius 2 is 1.77 bits per heavy atom. The summed E-state index contributed by atoms with van der Waals surface area (Å²) in [5, 5.41) is 18.4. The molecule has 4 amide bonds. The van der Waals surface area contributed by atoms with Crippen molar-refractivity contribution < 1.29 is 24.3 Å². The fourth-order valence-electron chi connectivity index (χ4n) is 10.1. The van der Waals surface area contributed by atoms with Crippen LogP contribution in [0.25, 0.3) is 20.7 Å². The molecule has 0 radical (unpaired) electrons. The molecule has 9 rings (SSSR count). The number of para-hydroxylation sites is 1. The number of nitrogens with zero attached hydrogens (tertiary/aromatic N) is 4. The molecule has 2 aromatic heterocycles. The number of halogens is 1. The number of rotatable bonds is 7. The molecule has 11 heteroatoms. The van der Waals surface area contributed by atoms with E-state index in [1.54, 1.807) is 35.2 Å². The number of allylic oxidation sites excluding steroid dienone is 3. The molecule has 2 aliphatic carbocycles. The maximum Gasteiger partial charge on any atom is 0.242 e. The van der Waals surface area contributed by atoms with E-state index in [0.29, 0.717) is 46.2 Å². The number of hydrogen-bond donors (Lipinski definition) is 1. The van der Waals surface area contributed by atoms with E-state index in [1.807, 2.05) is 87.5 Å². The van der Waals surface area contributed by atoms with Crippen LogP contribution >= 0.6 is 22.9 Å². The Kier molecular flexibility index (Phi) is 8.52. The number of imide groups is 2. The number of aromatic nitrogens is 2. The molecule has 3 fully saturated rings. The van der Waals surface area contributed by atoms with Gasteiger partial charge in [0.1, 0.15) is 17.3 Å². The molecule has 2 aliphatic heterocycles. The summed E-state index contributed by atoms with van der Waals surface area (Å²) in [6, 6.07) is 20.5. The van der Waals surface area contributed by atoms with Gasteiger partial charge in [0.25, 0.3) is 0 Å². The topological polar surface area (TPSA) is 113 Å². The lowest BCUT2D eigenvalue weighted by atomic mass is 9.51. The molecule has 0 bridgehead atoms. The van der Waals surface area contributed by atoms with Crippen LogP contribution in [-0.4, -0.2) is 38.5 Å². The normalized spacial score (nSPS) is 25.8. The monoisotopic (exact) mass is 784 g/mol. The number of phenols is 1. The highest BCUT2D eigenvalue weighted by Gasteiger charge is 2.68. The lowest BCUT2D eigenvalue weighted by molar-refractivity contribution is -0.131. The van der Waals surface area contributed by atoms with Crippen LogP contribution in [0.2, 0.25) is 5.02 Å². The third-order valence-corrected chi connectivity index (χ3v) is 14.4. The molecular formula is C45H41ClN4O5S. The molecule has 9 nitrogen and oxygen atoms in total. The number of phenolic OH excluding ortho intramolecular Hbond substituents is 1. The van der Waals surface area contributed by atoms with Crippen molar-refractivity contribution in [1.82, 2.24) is 9.78 Å². The number of thiophene rings is 1. The number of amides is 4. The summed E-state index contributed by atoms with van der Waals surface area (Å²) in [4.78, 5) is 62.3. The van der Waals surface area contributed by atoms with E-state index in [9.17, 15) is 19.5 Å². The van der Waals surface area contributed by atoms with Gasteiger partial charge in [-0.1, -0.05) is 66.6 Å². The highest BCUT2D eigenvalue weighted by Crippen LogP contribution is 2.64. The van der Waals surface area contributed by atoms with Gasteiger partial charge in [-0.15, -0.1) is 17.9 Å². The zero-order valence-electron chi connectivity index (χ0n) is 31.6. The summed E-state index contributed by atoms with van der Waals surface area (Å²) < 4.78 is 2.62. The zero-order valence-corrected chi connectivity index (χ0v) is 33.2. The highest BCUT2D eigenvalue weighted by molar-refractivity contribution is 7.22. The minimum absolute atomic E-state index is 0.0365. The van der Waals surface area contributed by atoms with E-state index in [-0.39, 0.29) is 29.9 Å². The lowest BCUT2D eigenvalue weighted by Crippen LogP contribution is -2.49. The maximum absolute atomic E-state index is 15.2. The third kappa shape index (κ3) is 5.07. The second-order valence-electron chi connectivity index (χ2n) is 15.7. The predicted octanol–water partition coefficient (Wildman–Crippen LogP) is 8.70. The van der Waals surface area contributed by atoms with Crippen molar-refractivity contribution in [2.24, 2.45) is 36.1 Å². The molecule has 284 valence electrons. The second-order valence-corrected chi connectivity index (χ2v) is 17.2. The predicted molar refractivity (Wildman–Crippen MR) is 219 cm³/mol. The second kappa shape index (κ2) is 13.1. The van der Waals surface area contributed by atoms with Gasteiger partial charge < -0.3 is 5.11 Å². The van der Waals surface area contributed by atoms with Crippen molar-refractivity contribution in [3.8, 4) is 16.3 Å². The first-order valence-electron chi connectivity index (χ1n) is 19.1. The first-order chi connectivity index (χ1) is 26.9. The van der Waals surface area contributed by atoms with Crippen LogP contribution in [0.4, 0.5) is 11.5 Å². The van der Waals surface area contributed by atoms with E-state index in [1.165, 1.54) is 9.80 Å². The Bertz CT molecular complexity index is 2570. The van der Waals surface area contributed by atoms with Crippen molar-refractivity contribution in [3.05, 3.63) is 118 Å². The summed E-state index contributed by atoms with van der Waals surface area (Å²) in [6.07, 6.45) is 5.46. The van der Waals surface area contributed by atoms with Gasteiger partial charge in [-0.3, -0.25) is 28.8 Å². The molecule has 4 heterocycles. The maximum atomic E-state index is 15.2. The van der Waals surface area contributed by atoms with Crippen molar-refractivity contribution >= 4 is 68.2 Å². The Morgan fingerprint density at radius 3 is 2.50 bits per heavy atom. The minimum atomic E-state index is -1.33. The minimum Gasteiger partial charge on any atom is -0.507 e. The molecule has 2 saturated heterocycles. The summed E-state index contributed by atoms with van der Waals surface area (Å²) in [6.45, 7) is 9.75. The molecular weight excluding hydrogens is 744 g/mol. The number of carbonyl (C=O) groups excluding carboxylic acids is 4. The fraction of sp³-hybridized carbons (Fsp3) is 0.311. The first-order valence-corrected chi connectivity index (χ1v) is 20.3. The van der Waals surface area contributed by atoms with Crippen molar-refractivity contribution in [1.29, 1.82) is 0 Å². The van der Waals surface area contributed by atoms with Gasteiger partial charge in [-0.2, -0.15) is 5.10 Å². The molecule has 3 aromatic carbocycles. The number of benzene rings is 3. The summed E-state index contributed by atoms with van der Waals surface area (Å²) >= 11 is 7.90. The molecule has 0 spiro atoms. The van der Waals surface area contributed by atoms with Gasteiger partial charge in [-0.25, -0.2) is 4.90 Å². The summed E-state index contributed by atoms with van der Waals surface area (Å²) in [5.41, 5.74) is 3.91. The van der Waals surface area contributed by atoms with E-state index in [2.05, 4.69) is 6.58 Å². The number of carbonyl (C=O) groups is 4. The Balaban J connectivity index is 1.16. The Hall–Kier alpha value is -5.32. The fourth-order valence-corrected chi connectivity index (χ4v) is 11.4. The van der Waals surface area contributed by atoms with Gasteiger partial charge in [0.05, 0.1) is 33.7 Å².